The lowest BCUT2D eigenvalue weighted by molar-refractivity contribution is 0.409. The fourth-order valence-corrected chi connectivity index (χ4v) is 3.31. The molecular formula is C21H26N4OS. The molecule has 5 nitrogen and oxygen atoms in total. The highest BCUT2D eigenvalue weighted by molar-refractivity contribution is 7.80. The van der Waals surface area contributed by atoms with Gasteiger partial charge in [-0.05, 0) is 70.7 Å². The largest absolute Gasteiger partial charge is 0.367 e. The minimum absolute atomic E-state index is 0.185. The molecule has 1 aliphatic rings. The van der Waals surface area contributed by atoms with E-state index in [1.807, 2.05) is 12.1 Å². The molecule has 2 aromatic rings. The second-order valence-corrected chi connectivity index (χ2v) is 8.55. The number of nitrogens with zero attached hydrogens (tertiary/aromatic N) is 2. The predicted octanol–water partition coefficient (Wildman–Crippen LogP) is 4.98. The maximum absolute atomic E-state index is 10.5. The van der Waals surface area contributed by atoms with E-state index in [0.717, 1.165) is 31.7 Å². The molecule has 2 N–H and O–H groups in total. The Morgan fingerprint density at radius 1 is 1.19 bits per heavy atom. The van der Waals surface area contributed by atoms with Crippen LogP contribution in [0.15, 0.2) is 47.6 Å². The van der Waals surface area contributed by atoms with Crippen molar-refractivity contribution in [2.75, 3.05) is 23.3 Å². The normalized spacial score (nSPS) is 13.2. The highest BCUT2D eigenvalue weighted by Gasteiger charge is 2.19. The molecule has 0 radical (unpaired) electrons. The summed E-state index contributed by atoms with van der Waals surface area (Å²) in [5, 5.41) is 10.2. The zero-order valence-electron chi connectivity index (χ0n) is 16.1. The van der Waals surface area contributed by atoms with E-state index >= 15 is 0 Å². The van der Waals surface area contributed by atoms with E-state index in [1.54, 1.807) is 12.1 Å². The van der Waals surface area contributed by atoms with Gasteiger partial charge in [-0.15, -0.1) is 4.91 Å². The van der Waals surface area contributed by atoms with Crippen molar-refractivity contribution in [3.05, 3.63) is 58.5 Å². The van der Waals surface area contributed by atoms with E-state index in [4.69, 9.17) is 12.2 Å². The zero-order chi connectivity index (χ0) is 19.4. The second kappa shape index (κ2) is 8.05. The minimum atomic E-state index is 0.185. The van der Waals surface area contributed by atoms with Gasteiger partial charge in [0.05, 0.1) is 0 Å². The fraction of sp³-hybridized carbons (Fsp3) is 0.381. The van der Waals surface area contributed by atoms with Crippen LogP contribution in [-0.2, 0) is 13.0 Å². The molecule has 0 atom stereocenters. The lowest BCUT2D eigenvalue weighted by Gasteiger charge is -2.21. The Morgan fingerprint density at radius 3 is 2.59 bits per heavy atom. The van der Waals surface area contributed by atoms with Crippen LogP contribution in [-0.4, -0.2) is 18.2 Å². The van der Waals surface area contributed by atoms with Crippen LogP contribution in [0.1, 0.15) is 31.9 Å². The van der Waals surface area contributed by atoms with Crippen molar-refractivity contribution < 1.29 is 0 Å². The summed E-state index contributed by atoms with van der Waals surface area (Å²) in [5.74, 6) is 0. The van der Waals surface area contributed by atoms with Crippen molar-refractivity contribution in [2.45, 2.75) is 33.7 Å². The molecule has 0 fully saturated rings. The number of rotatable bonds is 5. The monoisotopic (exact) mass is 382 g/mol. The van der Waals surface area contributed by atoms with Gasteiger partial charge in [-0.2, -0.15) is 0 Å². The summed E-state index contributed by atoms with van der Waals surface area (Å²) in [6.07, 6.45) is 1.01. The molecule has 0 amide bonds. The lowest BCUT2D eigenvalue weighted by Crippen LogP contribution is -2.35. The van der Waals surface area contributed by atoms with Crippen LogP contribution in [0.4, 0.5) is 17.1 Å². The summed E-state index contributed by atoms with van der Waals surface area (Å²) in [4.78, 5) is 12.9. The number of hydrogen-bond donors (Lipinski definition) is 2. The van der Waals surface area contributed by atoms with Gasteiger partial charge in [0.2, 0.25) is 0 Å². The number of nitroso groups, excluding NO2 is 1. The van der Waals surface area contributed by atoms with E-state index in [0.29, 0.717) is 10.8 Å². The van der Waals surface area contributed by atoms with Crippen LogP contribution in [0.25, 0.3) is 0 Å². The number of thiocarbonyl (C=S) groups is 1. The number of fused-ring (bicyclic) bond motifs is 1. The molecule has 27 heavy (non-hydrogen) atoms. The van der Waals surface area contributed by atoms with Gasteiger partial charge < -0.3 is 15.5 Å². The van der Waals surface area contributed by atoms with Crippen LogP contribution in [0.2, 0.25) is 0 Å². The first-order valence-corrected chi connectivity index (χ1v) is 9.60. The van der Waals surface area contributed by atoms with Crippen LogP contribution >= 0.6 is 12.2 Å². The highest BCUT2D eigenvalue weighted by atomic mass is 32.1. The third kappa shape index (κ3) is 5.26. The quantitative estimate of drug-likeness (QED) is 0.564. The topological polar surface area (TPSA) is 56.7 Å². The Bertz CT molecular complexity index is 827. The SMILES string of the molecule is CC(C)(C)CNC(=S)Nc1ccc2c(c1)CCN2Cc1ccc(N=O)cc1. The molecule has 0 bridgehead atoms. The van der Waals surface area contributed by atoms with E-state index in [1.165, 1.54) is 16.8 Å². The summed E-state index contributed by atoms with van der Waals surface area (Å²) in [7, 11) is 0. The zero-order valence-corrected chi connectivity index (χ0v) is 16.9. The molecule has 0 unspecified atom stereocenters. The van der Waals surface area contributed by atoms with Crippen molar-refractivity contribution >= 4 is 34.4 Å². The van der Waals surface area contributed by atoms with Gasteiger partial charge in [-0.25, -0.2) is 0 Å². The molecule has 0 saturated carbocycles. The van der Waals surface area contributed by atoms with Crippen LogP contribution in [0.5, 0.6) is 0 Å². The third-order valence-corrected chi connectivity index (χ3v) is 4.77. The second-order valence-electron chi connectivity index (χ2n) is 8.14. The Hall–Kier alpha value is -2.47. The molecule has 1 aliphatic heterocycles. The van der Waals surface area contributed by atoms with Crippen molar-refractivity contribution in [3.63, 3.8) is 0 Å². The van der Waals surface area contributed by atoms with E-state index in [-0.39, 0.29) is 5.41 Å². The maximum atomic E-state index is 10.5. The van der Waals surface area contributed by atoms with Crippen LogP contribution < -0.4 is 15.5 Å². The molecule has 3 rings (SSSR count). The Balaban J connectivity index is 1.62. The Labute approximate surface area is 166 Å². The number of anilines is 2. The fourth-order valence-electron chi connectivity index (χ4n) is 3.12. The van der Waals surface area contributed by atoms with Gasteiger partial charge >= 0.3 is 0 Å². The standard InChI is InChI=1S/C21H26N4OS/c1-21(2,3)14-22-20(27)23-18-8-9-19-16(12-18)10-11-25(19)13-15-4-6-17(24-26)7-5-15/h4-9,12H,10-11,13-14H2,1-3H3,(H2,22,23,27). The molecule has 0 spiro atoms. The molecule has 0 saturated heterocycles. The summed E-state index contributed by atoms with van der Waals surface area (Å²) in [6.45, 7) is 9.17. The molecular weight excluding hydrogens is 356 g/mol. The van der Waals surface area contributed by atoms with Gasteiger partial charge in [0.25, 0.3) is 0 Å². The smallest absolute Gasteiger partial charge is 0.170 e. The van der Waals surface area contributed by atoms with E-state index in [2.05, 4.69) is 59.7 Å². The molecule has 0 aliphatic carbocycles. The Kier molecular flexibility index (Phi) is 5.75. The summed E-state index contributed by atoms with van der Waals surface area (Å²) in [6, 6.07) is 13.9. The van der Waals surface area contributed by atoms with E-state index < -0.39 is 0 Å². The number of nitrogens with one attached hydrogen (secondary N) is 2. The first-order valence-electron chi connectivity index (χ1n) is 9.19. The van der Waals surface area contributed by atoms with Gasteiger partial charge in [0.15, 0.2) is 5.11 Å². The summed E-state index contributed by atoms with van der Waals surface area (Å²) < 4.78 is 0. The van der Waals surface area contributed by atoms with Gasteiger partial charge in [-0.3, -0.25) is 0 Å². The average molecular weight is 383 g/mol. The molecule has 1 heterocycles. The van der Waals surface area contributed by atoms with Crippen molar-refractivity contribution in [2.24, 2.45) is 10.6 Å². The maximum Gasteiger partial charge on any atom is 0.170 e. The molecule has 6 heteroatoms. The van der Waals surface area contributed by atoms with Gasteiger partial charge in [0, 0.05) is 31.0 Å². The van der Waals surface area contributed by atoms with Crippen molar-refractivity contribution in [1.29, 1.82) is 0 Å². The number of benzene rings is 2. The summed E-state index contributed by atoms with van der Waals surface area (Å²) in [5.41, 5.74) is 5.42. The highest BCUT2D eigenvalue weighted by Crippen LogP contribution is 2.31. The third-order valence-electron chi connectivity index (χ3n) is 4.52. The molecule has 0 aromatic heterocycles. The first-order chi connectivity index (χ1) is 12.8. The summed E-state index contributed by atoms with van der Waals surface area (Å²) >= 11 is 5.40. The lowest BCUT2D eigenvalue weighted by atomic mass is 9.97. The predicted molar refractivity (Wildman–Crippen MR) is 117 cm³/mol. The van der Waals surface area contributed by atoms with Crippen molar-refractivity contribution in [3.8, 4) is 0 Å². The van der Waals surface area contributed by atoms with Gasteiger partial charge in [-0.1, -0.05) is 32.9 Å². The minimum Gasteiger partial charge on any atom is -0.367 e. The van der Waals surface area contributed by atoms with Crippen molar-refractivity contribution in [1.82, 2.24) is 5.32 Å². The van der Waals surface area contributed by atoms with E-state index in [9.17, 15) is 4.91 Å². The molecule has 142 valence electrons. The first kappa shape index (κ1) is 19.3. The van der Waals surface area contributed by atoms with Crippen LogP contribution in [0.3, 0.4) is 0 Å². The molecule has 2 aromatic carbocycles. The number of hydrogen-bond acceptors (Lipinski definition) is 4. The van der Waals surface area contributed by atoms with Gasteiger partial charge in [0.1, 0.15) is 5.69 Å². The van der Waals surface area contributed by atoms with Crippen LogP contribution in [0, 0.1) is 10.3 Å². The Morgan fingerprint density at radius 2 is 1.93 bits per heavy atom. The average Bonchev–Trinajstić information content (AvgIpc) is 3.02.